The zero-order valence-corrected chi connectivity index (χ0v) is 15.6. The predicted octanol–water partition coefficient (Wildman–Crippen LogP) is 3.20. The maximum Gasteiger partial charge on any atom is 0.241 e. The minimum atomic E-state index is -0.0861. The summed E-state index contributed by atoms with van der Waals surface area (Å²) < 4.78 is 0. The van der Waals surface area contributed by atoms with E-state index in [1.165, 1.54) is 36.0 Å². The molecule has 4 unspecified atom stereocenters. The minimum Gasteiger partial charge on any atom is -0.336 e. The first-order chi connectivity index (χ1) is 13.3. The van der Waals surface area contributed by atoms with Crippen molar-refractivity contribution in [2.24, 2.45) is 5.92 Å². The second kappa shape index (κ2) is 7.10. The van der Waals surface area contributed by atoms with E-state index in [9.17, 15) is 4.79 Å². The third kappa shape index (κ3) is 3.07. The van der Waals surface area contributed by atoms with Crippen LogP contribution < -0.4 is 10.9 Å². The van der Waals surface area contributed by atoms with E-state index in [0.717, 1.165) is 13.0 Å². The monoisotopic (exact) mass is 361 g/mol. The molecule has 1 saturated carbocycles. The van der Waals surface area contributed by atoms with Crippen LogP contribution >= 0.6 is 0 Å². The minimum absolute atomic E-state index is 0.0861. The van der Waals surface area contributed by atoms with Crippen molar-refractivity contribution in [3.63, 3.8) is 0 Å². The van der Waals surface area contributed by atoms with E-state index in [-0.39, 0.29) is 17.9 Å². The van der Waals surface area contributed by atoms with Gasteiger partial charge in [-0.3, -0.25) is 10.2 Å². The Labute approximate surface area is 160 Å². The molecule has 1 aliphatic carbocycles. The molecule has 4 nitrogen and oxygen atoms in total. The predicted molar refractivity (Wildman–Crippen MR) is 106 cm³/mol. The topological polar surface area (TPSA) is 44.4 Å². The molecule has 3 aliphatic rings. The fraction of sp³-hybridized carbons (Fsp3) is 0.435. The summed E-state index contributed by atoms with van der Waals surface area (Å²) in [5.74, 6) is 0.933. The average Bonchev–Trinajstić information content (AvgIpc) is 3.17. The molecular weight excluding hydrogens is 334 g/mol. The number of hydrogen-bond acceptors (Lipinski definition) is 3. The molecule has 140 valence electrons. The zero-order valence-electron chi connectivity index (χ0n) is 15.6. The van der Waals surface area contributed by atoms with Crippen molar-refractivity contribution in [3.8, 4) is 0 Å². The van der Waals surface area contributed by atoms with Crippen LogP contribution in [0.5, 0.6) is 0 Å². The second-order valence-corrected chi connectivity index (χ2v) is 8.20. The lowest BCUT2D eigenvalue weighted by molar-refractivity contribution is -0.135. The van der Waals surface area contributed by atoms with Crippen molar-refractivity contribution >= 4 is 5.91 Å². The maximum absolute atomic E-state index is 13.5. The lowest BCUT2D eigenvalue weighted by Crippen LogP contribution is -2.50. The Morgan fingerprint density at radius 3 is 2.59 bits per heavy atom. The van der Waals surface area contributed by atoms with Gasteiger partial charge in [0.25, 0.3) is 0 Å². The summed E-state index contributed by atoms with van der Waals surface area (Å²) in [5.41, 5.74) is 10.7. The highest BCUT2D eigenvalue weighted by molar-refractivity contribution is 5.83. The van der Waals surface area contributed by atoms with Gasteiger partial charge in [0, 0.05) is 31.0 Å². The number of benzene rings is 2. The summed E-state index contributed by atoms with van der Waals surface area (Å²) in [4.78, 5) is 15.5. The van der Waals surface area contributed by atoms with Crippen molar-refractivity contribution in [1.29, 1.82) is 0 Å². The quantitative estimate of drug-likeness (QED) is 0.863. The first-order valence-corrected chi connectivity index (χ1v) is 10.2. The van der Waals surface area contributed by atoms with Gasteiger partial charge >= 0.3 is 0 Å². The smallest absolute Gasteiger partial charge is 0.241 e. The van der Waals surface area contributed by atoms with Gasteiger partial charge in [0.15, 0.2) is 0 Å². The SMILES string of the molecule is O=C(C1NNC2CCCCC21)N1Cc2ccccc2C(c2ccccc2)C1. The van der Waals surface area contributed by atoms with Crippen LogP contribution in [-0.2, 0) is 11.3 Å². The third-order valence-electron chi connectivity index (χ3n) is 6.65. The molecule has 2 heterocycles. The summed E-state index contributed by atoms with van der Waals surface area (Å²) in [6.45, 7) is 1.48. The van der Waals surface area contributed by atoms with Crippen LogP contribution in [0.3, 0.4) is 0 Å². The zero-order chi connectivity index (χ0) is 18.2. The number of nitrogens with zero attached hydrogens (tertiary/aromatic N) is 1. The second-order valence-electron chi connectivity index (χ2n) is 8.20. The highest BCUT2D eigenvalue weighted by Gasteiger charge is 2.43. The molecule has 0 bridgehead atoms. The first kappa shape index (κ1) is 17.0. The van der Waals surface area contributed by atoms with Gasteiger partial charge < -0.3 is 4.90 Å². The summed E-state index contributed by atoms with van der Waals surface area (Å²) in [6.07, 6.45) is 4.83. The van der Waals surface area contributed by atoms with Crippen LogP contribution in [0.15, 0.2) is 54.6 Å². The lowest BCUT2D eigenvalue weighted by Gasteiger charge is -2.37. The molecule has 2 N–H and O–H groups in total. The van der Waals surface area contributed by atoms with E-state index in [4.69, 9.17) is 0 Å². The molecule has 4 heteroatoms. The van der Waals surface area contributed by atoms with Crippen molar-refractivity contribution in [2.45, 2.75) is 50.2 Å². The number of fused-ring (bicyclic) bond motifs is 2. The molecule has 2 aliphatic heterocycles. The maximum atomic E-state index is 13.5. The van der Waals surface area contributed by atoms with Gasteiger partial charge in [0.05, 0.1) is 0 Å². The molecule has 1 saturated heterocycles. The molecular formula is C23H27N3O. The van der Waals surface area contributed by atoms with Gasteiger partial charge in [-0.05, 0) is 29.5 Å². The Bertz CT molecular complexity index is 821. The van der Waals surface area contributed by atoms with Crippen LogP contribution in [0.25, 0.3) is 0 Å². The van der Waals surface area contributed by atoms with E-state index in [0.29, 0.717) is 18.5 Å². The fourth-order valence-corrected chi connectivity index (χ4v) is 5.23. The number of nitrogens with one attached hydrogen (secondary N) is 2. The van der Waals surface area contributed by atoms with Gasteiger partial charge in [0.2, 0.25) is 5.91 Å². The molecule has 2 aromatic carbocycles. The Hall–Kier alpha value is -2.17. The van der Waals surface area contributed by atoms with Gasteiger partial charge in [-0.15, -0.1) is 0 Å². The van der Waals surface area contributed by atoms with E-state index < -0.39 is 0 Å². The number of hydrogen-bond donors (Lipinski definition) is 2. The van der Waals surface area contributed by atoms with Crippen molar-refractivity contribution < 1.29 is 4.79 Å². The van der Waals surface area contributed by atoms with E-state index >= 15 is 0 Å². The summed E-state index contributed by atoms with van der Waals surface area (Å²) >= 11 is 0. The van der Waals surface area contributed by atoms with Crippen LogP contribution in [0.4, 0.5) is 0 Å². The highest BCUT2D eigenvalue weighted by atomic mass is 16.2. The Kier molecular flexibility index (Phi) is 4.46. The first-order valence-electron chi connectivity index (χ1n) is 10.2. The number of carbonyl (C=O) groups is 1. The summed E-state index contributed by atoms with van der Waals surface area (Å²) in [6, 6.07) is 19.6. The van der Waals surface area contributed by atoms with Gasteiger partial charge in [-0.1, -0.05) is 67.4 Å². The summed E-state index contributed by atoms with van der Waals surface area (Å²) in [5, 5.41) is 0. The van der Waals surface area contributed by atoms with E-state index in [2.05, 4.69) is 70.3 Å². The van der Waals surface area contributed by atoms with Crippen molar-refractivity contribution in [3.05, 3.63) is 71.3 Å². The molecule has 0 spiro atoms. The van der Waals surface area contributed by atoms with Crippen molar-refractivity contribution in [2.75, 3.05) is 6.54 Å². The van der Waals surface area contributed by atoms with Gasteiger partial charge in [-0.25, -0.2) is 5.43 Å². The molecule has 4 atom stereocenters. The number of hydrazine groups is 1. The highest BCUT2D eigenvalue weighted by Crippen LogP contribution is 2.36. The number of amides is 1. The number of rotatable bonds is 2. The normalized spacial score (nSPS) is 29.9. The van der Waals surface area contributed by atoms with Gasteiger partial charge in [0.1, 0.15) is 6.04 Å². The fourth-order valence-electron chi connectivity index (χ4n) is 5.23. The lowest BCUT2D eigenvalue weighted by atomic mass is 9.80. The molecule has 2 fully saturated rings. The van der Waals surface area contributed by atoms with E-state index in [1.807, 2.05) is 0 Å². The van der Waals surface area contributed by atoms with Crippen LogP contribution in [0.2, 0.25) is 0 Å². The number of carbonyl (C=O) groups excluding carboxylic acids is 1. The van der Waals surface area contributed by atoms with Crippen LogP contribution in [0, 0.1) is 5.92 Å². The van der Waals surface area contributed by atoms with Crippen LogP contribution in [0.1, 0.15) is 48.3 Å². The Balaban J connectivity index is 1.43. The van der Waals surface area contributed by atoms with E-state index in [1.54, 1.807) is 0 Å². The van der Waals surface area contributed by atoms with Crippen LogP contribution in [-0.4, -0.2) is 29.4 Å². The average molecular weight is 361 g/mol. The molecule has 5 rings (SSSR count). The Morgan fingerprint density at radius 1 is 0.926 bits per heavy atom. The third-order valence-corrected chi connectivity index (χ3v) is 6.65. The molecule has 27 heavy (non-hydrogen) atoms. The standard InChI is InChI=1S/C23H27N3O/c27-23(22-19-12-6-7-13-21(19)24-25-22)26-14-17-10-4-5-11-18(17)20(15-26)16-8-2-1-3-9-16/h1-5,8-11,19-22,24-25H,6-7,12-15H2. The molecule has 0 aromatic heterocycles. The summed E-state index contributed by atoms with van der Waals surface area (Å²) in [7, 11) is 0. The molecule has 2 aromatic rings. The van der Waals surface area contributed by atoms with Gasteiger partial charge in [-0.2, -0.15) is 0 Å². The molecule has 0 radical (unpaired) electrons. The Morgan fingerprint density at radius 2 is 1.70 bits per heavy atom. The van der Waals surface area contributed by atoms with Crippen molar-refractivity contribution in [1.82, 2.24) is 15.8 Å². The molecule has 1 amide bonds. The largest absolute Gasteiger partial charge is 0.336 e.